The smallest absolute Gasteiger partial charge is 0.138 e. The highest BCUT2D eigenvalue weighted by molar-refractivity contribution is 6.28. The van der Waals surface area contributed by atoms with Crippen molar-refractivity contribution in [2.75, 3.05) is 9.80 Å². The summed E-state index contributed by atoms with van der Waals surface area (Å²) in [5, 5.41) is 11.8. The second-order valence-corrected chi connectivity index (χ2v) is 13.8. The number of rotatable bonds is 6. The Morgan fingerprint density at radius 2 is 0.811 bits per heavy atom. The molecule has 10 aromatic carbocycles. The number of para-hydroxylation sites is 2. The molecule has 0 amide bonds. The molecular weight excluding hydrogens is 645 g/mol. The predicted molar refractivity (Wildman–Crippen MR) is 223 cm³/mol. The predicted octanol–water partition coefficient (Wildman–Crippen LogP) is 14.5. The lowest BCUT2D eigenvalue weighted by atomic mass is 9.91. The number of anilines is 6. The first kappa shape index (κ1) is 29.6. The van der Waals surface area contributed by atoms with E-state index in [0.29, 0.717) is 0 Å². The molecule has 0 fully saturated rings. The molecule has 0 saturated heterocycles. The van der Waals surface area contributed by atoms with Crippen LogP contribution in [0.25, 0.3) is 53.9 Å². The molecular formula is C50H32N2O. The molecule has 0 spiro atoms. The Labute approximate surface area is 307 Å². The largest absolute Gasteiger partial charge is 0.456 e. The number of hydrogen-bond acceptors (Lipinski definition) is 3. The monoisotopic (exact) mass is 676 g/mol. The SMILES string of the molecule is c1ccc(N(c2ccc3ccccc3c2)c2cc3c4c(ccc5cc(N(c6ccccc6)c6ccc7ccccc7c6)c6cccc(c6c54)O3)c2)cc1. The van der Waals surface area contributed by atoms with Crippen LogP contribution in [0.2, 0.25) is 0 Å². The van der Waals surface area contributed by atoms with E-state index in [2.05, 4.69) is 204 Å². The summed E-state index contributed by atoms with van der Waals surface area (Å²) in [4.78, 5) is 4.71. The lowest BCUT2D eigenvalue weighted by Crippen LogP contribution is -2.11. The zero-order valence-corrected chi connectivity index (χ0v) is 28.8. The summed E-state index contributed by atoms with van der Waals surface area (Å²) in [6.07, 6.45) is 0. The topological polar surface area (TPSA) is 15.7 Å². The molecule has 1 heterocycles. The molecule has 0 aliphatic carbocycles. The van der Waals surface area contributed by atoms with Gasteiger partial charge in [-0.1, -0.05) is 121 Å². The summed E-state index contributed by atoms with van der Waals surface area (Å²) in [5.74, 6) is 1.74. The molecule has 10 aromatic rings. The van der Waals surface area contributed by atoms with Gasteiger partial charge in [-0.15, -0.1) is 0 Å². The molecule has 0 bridgehead atoms. The van der Waals surface area contributed by atoms with Crippen molar-refractivity contribution >= 4 is 88.0 Å². The Bertz CT molecular complexity index is 3050. The Hall–Kier alpha value is -7.10. The molecule has 1 aliphatic rings. The molecule has 248 valence electrons. The Balaban J connectivity index is 1.14. The Morgan fingerprint density at radius 1 is 0.283 bits per heavy atom. The van der Waals surface area contributed by atoms with Crippen molar-refractivity contribution in [2.45, 2.75) is 0 Å². The number of nitrogens with zero attached hydrogens (tertiary/aromatic N) is 2. The van der Waals surface area contributed by atoms with E-state index >= 15 is 0 Å². The van der Waals surface area contributed by atoms with Crippen molar-refractivity contribution in [3.63, 3.8) is 0 Å². The van der Waals surface area contributed by atoms with E-state index in [1.807, 2.05) is 0 Å². The standard InChI is InChI=1S/C50H32N2O/c1-3-16-39(17-4-1)51(41-26-24-33-12-7-9-14-35(33)28-41)43-30-37-22-23-38-31-45(44-20-11-21-46-50(44)49(38)48(37)47(32-43)53-46)52(40-18-5-2-6-19-40)42-27-25-34-13-8-10-15-36(34)29-42/h1-32H. The van der Waals surface area contributed by atoms with Crippen LogP contribution in [0, 0.1) is 0 Å². The minimum Gasteiger partial charge on any atom is -0.456 e. The summed E-state index contributed by atoms with van der Waals surface area (Å²) in [5.41, 5.74) is 6.57. The van der Waals surface area contributed by atoms with Gasteiger partial charge in [-0.3, -0.25) is 0 Å². The number of fused-ring (bicyclic) bond motifs is 2. The van der Waals surface area contributed by atoms with Crippen molar-refractivity contribution in [3.05, 3.63) is 194 Å². The number of benzene rings is 10. The van der Waals surface area contributed by atoms with Crippen LogP contribution < -0.4 is 14.5 Å². The van der Waals surface area contributed by atoms with E-state index in [0.717, 1.165) is 67.2 Å². The van der Waals surface area contributed by atoms with E-state index in [-0.39, 0.29) is 0 Å². The van der Waals surface area contributed by atoms with Crippen LogP contribution in [-0.4, -0.2) is 0 Å². The fourth-order valence-electron chi connectivity index (χ4n) is 8.30. The summed E-state index contributed by atoms with van der Waals surface area (Å²) >= 11 is 0. The molecule has 53 heavy (non-hydrogen) atoms. The summed E-state index contributed by atoms with van der Waals surface area (Å²) in [6, 6.07) is 69.7. The van der Waals surface area contributed by atoms with Crippen LogP contribution >= 0.6 is 0 Å². The summed E-state index contributed by atoms with van der Waals surface area (Å²) in [7, 11) is 0. The van der Waals surface area contributed by atoms with Gasteiger partial charge in [-0.05, 0) is 99.0 Å². The molecule has 3 heteroatoms. The molecule has 0 unspecified atom stereocenters. The highest BCUT2D eigenvalue weighted by atomic mass is 16.5. The van der Waals surface area contributed by atoms with Crippen LogP contribution in [0.15, 0.2) is 194 Å². The van der Waals surface area contributed by atoms with Crippen LogP contribution in [0.1, 0.15) is 0 Å². The normalized spacial score (nSPS) is 11.9. The molecule has 0 aromatic heterocycles. The third-order valence-corrected chi connectivity index (χ3v) is 10.7. The number of ether oxygens (including phenoxy) is 1. The van der Waals surface area contributed by atoms with Crippen molar-refractivity contribution in [1.82, 2.24) is 0 Å². The molecule has 1 aliphatic heterocycles. The highest BCUT2D eigenvalue weighted by Gasteiger charge is 2.26. The first-order valence-corrected chi connectivity index (χ1v) is 18.1. The third-order valence-electron chi connectivity index (χ3n) is 10.7. The van der Waals surface area contributed by atoms with Gasteiger partial charge in [0.05, 0.1) is 11.4 Å². The van der Waals surface area contributed by atoms with E-state index in [9.17, 15) is 0 Å². The molecule has 0 atom stereocenters. The second kappa shape index (κ2) is 11.7. The lowest BCUT2D eigenvalue weighted by molar-refractivity contribution is 0.493. The van der Waals surface area contributed by atoms with Crippen molar-refractivity contribution in [1.29, 1.82) is 0 Å². The fraction of sp³-hybridized carbons (Fsp3) is 0. The molecule has 11 rings (SSSR count). The molecule has 3 nitrogen and oxygen atoms in total. The minimum atomic E-state index is 0.868. The van der Waals surface area contributed by atoms with Gasteiger partial charge in [-0.2, -0.15) is 0 Å². The summed E-state index contributed by atoms with van der Waals surface area (Å²) < 4.78 is 6.98. The van der Waals surface area contributed by atoms with E-state index in [1.165, 1.54) is 32.3 Å². The van der Waals surface area contributed by atoms with Gasteiger partial charge in [0.1, 0.15) is 11.5 Å². The first-order chi connectivity index (χ1) is 26.3. The Morgan fingerprint density at radius 3 is 1.47 bits per heavy atom. The van der Waals surface area contributed by atoms with Crippen molar-refractivity contribution in [2.24, 2.45) is 0 Å². The van der Waals surface area contributed by atoms with Gasteiger partial charge in [0.15, 0.2) is 0 Å². The maximum atomic E-state index is 6.98. The quantitative estimate of drug-likeness (QED) is 0.163. The fourth-order valence-corrected chi connectivity index (χ4v) is 8.30. The van der Waals surface area contributed by atoms with Gasteiger partial charge in [0.2, 0.25) is 0 Å². The zero-order chi connectivity index (χ0) is 34.9. The third kappa shape index (κ3) is 4.75. The van der Waals surface area contributed by atoms with Gasteiger partial charge < -0.3 is 14.5 Å². The molecule has 0 radical (unpaired) electrons. The van der Waals surface area contributed by atoms with Crippen LogP contribution in [0.4, 0.5) is 34.1 Å². The Kier molecular flexibility index (Phi) is 6.55. The van der Waals surface area contributed by atoms with Crippen LogP contribution in [-0.2, 0) is 0 Å². The highest BCUT2D eigenvalue weighted by Crippen LogP contribution is 2.53. The maximum Gasteiger partial charge on any atom is 0.138 e. The minimum absolute atomic E-state index is 0.868. The average molecular weight is 677 g/mol. The van der Waals surface area contributed by atoms with E-state index in [1.54, 1.807) is 0 Å². The second-order valence-electron chi connectivity index (χ2n) is 13.8. The van der Waals surface area contributed by atoms with Gasteiger partial charge in [-0.25, -0.2) is 0 Å². The van der Waals surface area contributed by atoms with Gasteiger partial charge >= 0.3 is 0 Å². The van der Waals surface area contributed by atoms with Crippen molar-refractivity contribution in [3.8, 4) is 11.5 Å². The summed E-state index contributed by atoms with van der Waals surface area (Å²) in [6.45, 7) is 0. The first-order valence-electron chi connectivity index (χ1n) is 18.1. The average Bonchev–Trinajstić information content (AvgIpc) is 3.22. The van der Waals surface area contributed by atoms with Crippen LogP contribution in [0.5, 0.6) is 11.5 Å². The molecule has 0 saturated carbocycles. The van der Waals surface area contributed by atoms with Gasteiger partial charge in [0, 0.05) is 50.4 Å². The van der Waals surface area contributed by atoms with Crippen LogP contribution in [0.3, 0.4) is 0 Å². The molecule has 0 N–H and O–H groups in total. The lowest BCUT2D eigenvalue weighted by Gasteiger charge is -2.30. The van der Waals surface area contributed by atoms with E-state index in [4.69, 9.17) is 4.74 Å². The number of hydrogen-bond donors (Lipinski definition) is 0. The van der Waals surface area contributed by atoms with E-state index < -0.39 is 0 Å². The maximum absolute atomic E-state index is 6.98. The zero-order valence-electron chi connectivity index (χ0n) is 28.8. The van der Waals surface area contributed by atoms with Crippen molar-refractivity contribution < 1.29 is 4.74 Å². The van der Waals surface area contributed by atoms with Gasteiger partial charge in [0.25, 0.3) is 0 Å².